The van der Waals surface area contributed by atoms with E-state index in [1.54, 1.807) is 30.3 Å². The lowest BCUT2D eigenvalue weighted by molar-refractivity contribution is -0.160. The largest absolute Gasteiger partial charge is 0.393 e. The first-order chi connectivity index (χ1) is 13.0. The molecule has 0 spiro atoms. The molecule has 0 radical (unpaired) electrons. The van der Waals surface area contributed by atoms with Gasteiger partial charge in [-0.05, 0) is 31.4 Å². The standard InChI is InChI=1S/C21H28O6/c1-2-3-4-5-9-14-18(22)26-19(23)15-10-11-16-20(24)27-21(25)17-12-7-6-8-13-17/h6-8,12-13H,2-5,9-11,14-16H2,1H3. The molecule has 1 aromatic rings. The number of carbonyl (C=O) groups excluding carboxylic acids is 4. The molecule has 0 fully saturated rings. The minimum absolute atomic E-state index is 0.0250. The fraction of sp³-hybridized carbons (Fsp3) is 0.524. The summed E-state index contributed by atoms with van der Waals surface area (Å²) in [6.07, 6.45) is 6.15. The summed E-state index contributed by atoms with van der Waals surface area (Å²) in [6.45, 7) is 2.12. The van der Waals surface area contributed by atoms with E-state index in [9.17, 15) is 19.2 Å². The van der Waals surface area contributed by atoms with Crippen molar-refractivity contribution >= 4 is 23.9 Å². The van der Waals surface area contributed by atoms with E-state index in [-0.39, 0.29) is 19.3 Å². The summed E-state index contributed by atoms with van der Waals surface area (Å²) in [5.74, 6) is -2.41. The summed E-state index contributed by atoms with van der Waals surface area (Å²) in [7, 11) is 0. The first-order valence-corrected chi connectivity index (χ1v) is 9.56. The Labute approximate surface area is 160 Å². The normalized spacial score (nSPS) is 10.3. The lowest BCUT2D eigenvalue weighted by Crippen LogP contribution is -2.13. The summed E-state index contributed by atoms with van der Waals surface area (Å²) >= 11 is 0. The molecular formula is C21H28O6. The molecule has 0 unspecified atom stereocenters. The quantitative estimate of drug-likeness (QED) is 0.306. The maximum atomic E-state index is 11.7. The minimum atomic E-state index is -0.690. The molecule has 0 aliphatic heterocycles. The van der Waals surface area contributed by atoms with Crippen LogP contribution in [0.4, 0.5) is 0 Å². The molecule has 0 bridgehead atoms. The second-order valence-electron chi connectivity index (χ2n) is 6.34. The van der Waals surface area contributed by atoms with Gasteiger partial charge in [0.05, 0.1) is 5.56 Å². The van der Waals surface area contributed by atoms with E-state index in [0.29, 0.717) is 18.4 Å². The number of hydrogen-bond donors (Lipinski definition) is 0. The zero-order chi connectivity index (χ0) is 19.9. The van der Waals surface area contributed by atoms with Gasteiger partial charge in [-0.3, -0.25) is 14.4 Å². The van der Waals surface area contributed by atoms with Gasteiger partial charge in [0.1, 0.15) is 0 Å². The highest BCUT2D eigenvalue weighted by Gasteiger charge is 2.14. The number of rotatable bonds is 12. The van der Waals surface area contributed by atoms with Crippen molar-refractivity contribution < 1.29 is 28.7 Å². The number of benzene rings is 1. The maximum Gasteiger partial charge on any atom is 0.345 e. The van der Waals surface area contributed by atoms with Crippen molar-refractivity contribution in [1.29, 1.82) is 0 Å². The average Bonchev–Trinajstić information content (AvgIpc) is 2.65. The molecule has 0 heterocycles. The second-order valence-corrected chi connectivity index (χ2v) is 6.34. The van der Waals surface area contributed by atoms with Gasteiger partial charge in [0.15, 0.2) is 0 Å². The Morgan fingerprint density at radius 1 is 0.667 bits per heavy atom. The second kappa shape index (κ2) is 13.7. The van der Waals surface area contributed by atoms with E-state index in [2.05, 4.69) is 6.92 Å². The van der Waals surface area contributed by atoms with Crippen LogP contribution in [0.15, 0.2) is 30.3 Å². The number of esters is 4. The van der Waals surface area contributed by atoms with Crippen LogP contribution >= 0.6 is 0 Å². The molecule has 148 valence electrons. The molecule has 0 atom stereocenters. The van der Waals surface area contributed by atoms with Gasteiger partial charge < -0.3 is 9.47 Å². The molecule has 27 heavy (non-hydrogen) atoms. The Balaban J connectivity index is 2.09. The molecule has 6 nitrogen and oxygen atoms in total. The first kappa shape index (κ1) is 22.5. The molecule has 6 heteroatoms. The number of unbranched alkanes of at least 4 members (excludes halogenated alkanes) is 5. The molecule has 0 saturated heterocycles. The van der Waals surface area contributed by atoms with Crippen molar-refractivity contribution in [3.63, 3.8) is 0 Å². The topological polar surface area (TPSA) is 86.7 Å². The van der Waals surface area contributed by atoms with Gasteiger partial charge in [0.2, 0.25) is 0 Å². The summed E-state index contributed by atoms with van der Waals surface area (Å²) in [4.78, 5) is 46.4. The fourth-order valence-electron chi connectivity index (χ4n) is 2.43. The van der Waals surface area contributed by atoms with Crippen LogP contribution in [0.5, 0.6) is 0 Å². The van der Waals surface area contributed by atoms with Crippen LogP contribution in [0.3, 0.4) is 0 Å². The van der Waals surface area contributed by atoms with Crippen LogP contribution in [-0.2, 0) is 23.9 Å². The molecular weight excluding hydrogens is 348 g/mol. The lowest BCUT2D eigenvalue weighted by Gasteiger charge is -2.04. The summed E-state index contributed by atoms with van der Waals surface area (Å²) < 4.78 is 9.47. The highest BCUT2D eigenvalue weighted by Crippen LogP contribution is 2.08. The highest BCUT2D eigenvalue weighted by molar-refractivity contribution is 5.96. The number of carbonyl (C=O) groups is 4. The van der Waals surface area contributed by atoms with E-state index >= 15 is 0 Å². The Hall–Kier alpha value is -2.50. The van der Waals surface area contributed by atoms with Gasteiger partial charge >= 0.3 is 23.9 Å². The smallest absolute Gasteiger partial charge is 0.345 e. The van der Waals surface area contributed by atoms with Crippen molar-refractivity contribution in [3.05, 3.63) is 35.9 Å². The molecule has 0 N–H and O–H groups in total. The molecule has 0 amide bonds. The zero-order valence-corrected chi connectivity index (χ0v) is 15.9. The highest BCUT2D eigenvalue weighted by atomic mass is 16.6. The van der Waals surface area contributed by atoms with Gasteiger partial charge in [-0.2, -0.15) is 0 Å². The monoisotopic (exact) mass is 376 g/mol. The van der Waals surface area contributed by atoms with Crippen molar-refractivity contribution in [2.24, 2.45) is 0 Å². The van der Waals surface area contributed by atoms with E-state index in [4.69, 9.17) is 9.47 Å². The Kier molecular flexibility index (Phi) is 11.4. The maximum absolute atomic E-state index is 11.7. The molecule has 1 aromatic carbocycles. The fourth-order valence-corrected chi connectivity index (χ4v) is 2.43. The van der Waals surface area contributed by atoms with Crippen LogP contribution < -0.4 is 0 Å². The molecule has 0 aliphatic carbocycles. The van der Waals surface area contributed by atoms with Crippen molar-refractivity contribution in [2.75, 3.05) is 0 Å². The Morgan fingerprint density at radius 2 is 1.15 bits per heavy atom. The zero-order valence-electron chi connectivity index (χ0n) is 15.9. The summed E-state index contributed by atoms with van der Waals surface area (Å²) in [5.41, 5.74) is 0.308. The van der Waals surface area contributed by atoms with Crippen molar-refractivity contribution in [3.8, 4) is 0 Å². The van der Waals surface area contributed by atoms with Crippen molar-refractivity contribution in [1.82, 2.24) is 0 Å². The van der Waals surface area contributed by atoms with Crippen LogP contribution in [0.25, 0.3) is 0 Å². The predicted molar refractivity (Wildman–Crippen MR) is 99.8 cm³/mol. The SMILES string of the molecule is CCCCCCCC(=O)OC(=O)CCCCC(=O)OC(=O)c1ccccc1. The van der Waals surface area contributed by atoms with Gasteiger partial charge in [0.25, 0.3) is 0 Å². The number of hydrogen-bond acceptors (Lipinski definition) is 6. The van der Waals surface area contributed by atoms with Crippen LogP contribution in [0.1, 0.15) is 81.5 Å². The molecule has 1 rings (SSSR count). The molecule has 0 saturated carbocycles. The van der Waals surface area contributed by atoms with Gasteiger partial charge in [0, 0.05) is 19.3 Å². The molecule has 0 aromatic heterocycles. The third-order valence-electron chi connectivity index (χ3n) is 3.94. The average molecular weight is 376 g/mol. The van der Waals surface area contributed by atoms with Crippen LogP contribution in [0, 0.1) is 0 Å². The third kappa shape index (κ3) is 10.9. The van der Waals surface area contributed by atoms with Crippen molar-refractivity contribution in [2.45, 2.75) is 71.1 Å². The predicted octanol–water partition coefficient (Wildman–Crippen LogP) is 4.36. The lowest BCUT2D eigenvalue weighted by atomic mass is 10.1. The molecule has 0 aliphatic rings. The number of ether oxygens (including phenoxy) is 2. The summed E-state index contributed by atoms with van der Waals surface area (Å²) in [6, 6.07) is 8.24. The summed E-state index contributed by atoms with van der Waals surface area (Å²) in [5, 5.41) is 0. The van der Waals surface area contributed by atoms with Crippen LogP contribution in [0.2, 0.25) is 0 Å². The van der Waals surface area contributed by atoms with E-state index in [1.807, 2.05) is 0 Å². The Morgan fingerprint density at radius 3 is 1.70 bits per heavy atom. The van der Waals surface area contributed by atoms with Gasteiger partial charge in [-0.15, -0.1) is 0 Å². The van der Waals surface area contributed by atoms with E-state index in [0.717, 1.165) is 32.1 Å². The van der Waals surface area contributed by atoms with E-state index < -0.39 is 23.9 Å². The first-order valence-electron chi connectivity index (χ1n) is 9.56. The van der Waals surface area contributed by atoms with Gasteiger partial charge in [-0.25, -0.2) is 4.79 Å². The minimum Gasteiger partial charge on any atom is -0.393 e. The Bertz CT molecular complexity index is 608. The van der Waals surface area contributed by atoms with E-state index in [1.165, 1.54) is 0 Å². The van der Waals surface area contributed by atoms with Crippen LogP contribution in [-0.4, -0.2) is 23.9 Å². The third-order valence-corrected chi connectivity index (χ3v) is 3.94. The van der Waals surface area contributed by atoms with Gasteiger partial charge in [-0.1, -0.05) is 50.8 Å².